The summed E-state index contributed by atoms with van der Waals surface area (Å²) in [6.45, 7) is 2.83. The van der Waals surface area contributed by atoms with Gasteiger partial charge < -0.3 is 4.90 Å². The summed E-state index contributed by atoms with van der Waals surface area (Å²) in [4.78, 5) is 2.16. The third-order valence-electron chi connectivity index (χ3n) is 2.92. The monoisotopic (exact) mass is 240 g/mol. The van der Waals surface area contributed by atoms with Crippen LogP contribution >= 0.6 is 0 Å². The second kappa shape index (κ2) is 4.92. The van der Waals surface area contributed by atoms with Crippen LogP contribution in [0.5, 0.6) is 0 Å². The Morgan fingerprint density at radius 2 is 2.22 bits per heavy atom. The molecule has 0 fully saturated rings. The predicted molar refractivity (Wildman–Crippen MR) is 71.2 cm³/mol. The van der Waals surface area contributed by atoms with E-state index in [2.05, 4.69) is 16.1 Å². The third kappa shape index (κ3) is 2.51. The van der Waals surface area contributed by atoms with Crippen molar-refractivity contribution < 1.29 is 0 Å². The summed E-state index contributed by atoms with van der Waals surface area (Å²) in [5.74, 6) is 0. The maximum atomic E-state index is 8.85. The highest BCUT2D eigenvalue weighted by molar-refractivity contribution is 5.55. The molecule has 1 aromatic heterocycles. The zero-order chi connectivity index (χ0) is 13.1. The Labute approximate surface area is 107 Å². The predicted octanol–water partition coefficient (Wildman–Crippen LogP) is 2.24. The topological polar surface area (TPSA) is 44.9 Å². The van der Waals surface area contributed by atoms with Crippen molar-refractivity contribution in [3.63, 3.8) is 0 Å². The zero-order valence-electron chi connectivity index (χ0n) is 10.9. The zero-order valence-corrected chi connectivity index (χ0v) is 10.9. The lowest BCUT2D eigenvalue weighted by atomic mass is 10.1. The van der Waals surface area contributed by atoms with E-state index in [1.165, 1.54) is 5.56 Å². The average molecular weight is 240 g/mol. The van der Waals surface area contributed by atoms with Crippen molar-refractivity contribution >= 4 is 5.69 Å². The fourth-order valence-electron chi connectivity index (χ4n) is 2.07. The molecule has 2 rings (SSSR count). The van der Waals surface area contributed by atoms with Gasteiger partial charge in [-0.25, -0.2) is 0 Å². The van der Waals surface area contributed by atoms with Crippen molar-refractivity contribution in [1.82, 2.24) is 9.78 Å². The number of aryl methyl sites for hydroxylation is 2. The van der Waals surface area contributed by atoms with E-state index in [-0.39, 0.29) is 0 Å². The molecule has 0 radical (unpaired) electrons. The van der Waals surface area contributed by atoms with Gasteiger partial charge in [-0.05, 0) is 30.7 Å². The number of rotatable bonds is 3. The van der Waals surface area contributed by atoms with Crippen LogP contribution in [0.2, 0.25) is 0 Å². The Morgan fingerprint density at radius 1 is 1.44 bits per heavy atom. The van der Waals surface area contributed by atoms with E-state index in [0.29, 0.717) is 5.56 Å². The van der Waals surface area contributed by atoms with Crippen LogP contribution in [0.1, 0.15) is 16.7 Å². The molecule has 4 nitrogen and oxygen atoms in total. The normalized spacial score (nSPS) is 10.1. The minimum Gasteiger partial charge on any atom is -0.370 e. The third-order valence-corrected chi connectivity index (χ3v) is 2.92. The lowest BCUT2D eigenvalue weighted by Gasteiger charge is -2.20. The van der Waals surface area contributed by atoms with Gasteiger partial charge in [-0.1, -0.05) is 0 Å². The first-order chi connectivity index (χ1) is 8.60. The summed E-state index contributed by atoms with van der Waals surface area (Å²) >= 11 is 0. The molecule has 92 valence electrons. The fourth-order valence-corrected chi connectivity index (χ4v) is 2.07. The Kier molecular flexibility index (Phi) is 3.33. The van der Waals surface area contributed by atoms with Gasteiger partial charge in [-0.2, -0.15) is 10.4 Å². The SMILES string of the molecule is Cc1cc(C#N)ccc1N(C)Cc1cnn(C)c1. The van der Waals surface area contributed by atoms with E-state index in [0.717, 1.165) is 17.8 Å². The van der Waals surface area contributed by atoms with Crippen molar-refractivity contribution in [2.24, 2.45) is 7.05 Å². The maximum absolute atomic E-state index is 8.85. The molecule has 0 unspecified atom stereocenters. The number of benzene rings is 1. The van der Waals surface area contributed by atoms with Crippen LogP contribution in [0.15, 0.2) is 30.6 Å². The highest BCUT2D eigenvalue weighted by Crippen LogP contribution is 2.21. The summed E-state index contributed by atoms with van der Waals surface area (Å²) in [7, 11) is 3.96. The van der Waals surface area contributed by atoms with Gasteiger partial charge in [0.15, 0.2) is 0 Å². The van der Waals surface area contributed by atoms with E-state index < -0.39 is 0 Å². The van der Waals surface area contributed by atoms with E-state index in [9.17, 15) is 0 Å². The molecule has 0 aliphatic rings. The van der Waals surface area contributed by atoms with Crippen molar-refractivity contribution in [2.75, 3.05) is 11.9 Å². The van der Waals surface area contributed by atoms with Crippen LogP contribution in [0.3, 0.4) is 0 Å². The molecule has 0 amide bonds. The largest absolute Gasteiger partial charge is 0.370 e. The molecular weight excluding hydrogens is 224 g/mol. The first-order valence-corrected chi connectivity index (χ1v) is 5.79. The van der Waals surface area contributed by atoms with Crippen LogP contribution in [-0.4, -0.2) is 16.8 Å². The molecule has 0 aliphatic heterocycles. The van der Waals surface area contributed by atoms with Crippen LogP contribution in [0.4, 0.5) is 5.69 Å². The molecule has 0 aliphatic carbocycles. The first kappa shape index (κ1) is 12.2. The number of nitriles is 1. The van der Waals surface area contributed by atoms with Crippen LogP contribution < -0.4 is 4.90 Å². The number of anilines is 1. The second-order valence-corrected chi connectivity index (χ2v) is 4.49. The number of hydrogen-bond donors (Lipinski definition) is 0. The van der Waals surface area contributed by atoms with Gasteiger partial charge in [0.05, 0.1) is 17.8 Å². The summed E-state index contributed by atoms with van der Waals surface area (Å²) < 4.78 is 1.80. The Balaban J connectivity index is 2.19. The van der Waals surface area contributed by atoms with Crippen LogP contribution in [0.25, 0.3) is 0 Å². The maximum Gasteiger partial charge on any atom is 0.0991 e. The average Bonchev–Trinajstić information content (AvgIpc) is 2.74. The molecule has 4 heteroatoms. The van der Waals surface area contributed by atoms with Gasteiger partial charge in [0.2, 0.25) is 0 Å². The molecular formula is C14H16N4. The molecule has 0 spiro atoms. The van der Waals surface area contributed by atoms with E-state index in [1.54, 1.807) is 4.68 Å². The Morgan fingerprint density at radius 3 is 2.78 bits per heavy atom. The van der Waals surface area contributed by atoms with E-state index >= 15 is 0 Å². The molecule has 0 saturated heterocycles. The number of nitrogens with zero attached hydrogens (tertiary/aromatic N) is 4. The van der Waals surface area contributed by atoms with Gasteiger partial charge in [-0.3, -0.25) is 4.68 Å². The van der Waals surface area contributed by atoms with Crippen molar-refractivity contribution in [2.45, 2.75) is 13.5 Å². The van der Waals surface area contributed by atoms with E-state index in [1.807, 2.05) is 51.6 Å². The highest BCUT2D eigenvalue weighted by Gasteiger charge is 2.07. The van der Waals surface area contributed by atoms with Crippen molar-refractivity contribution in [1.29, 1.82) is 5.26 Å². The van der Waals surface area contributed by atoms with Gasteiger partial charge in [0, 0.05) is 38.1 Å². The summed E-state index contributed by atoms with van der Waals surface area (Å²) in [6, 6.07) is 7.91. The van der Waals surface area contributed by atoms with Gasteiger partial charge in [0.1, 0.15) is 0 Å². The number of hydrogen-bond acceptors (Lipinski definition) is 3. The fraction of sp³-hybridized carbons (Fsp3) is 0.286. The van der Waals surface area contributed by atoms with E-state index in [4.69, 9.17) is 5.26 Å². The minimum atomic E-state index is 0.700. The van der Waals surface area contributed by atoms with Gasteiger partial charge >= 0.3 is 0 Å². The summed E-state index contributed by atoms with van der Waals surface area (Å²) in [5.41, 5.74) is 4.12. The molecule has 0 bridgehead atoms. The Hall–Kier alpha value is -2.28. The molecule has 0 N–H and O–H groups in total. The molecule has 0 saturated carbocycles. The second-order valence-electron chi connectivity index (χ2n) is 4.49. The summed E-state index contributed by atoms with van der Waals surface area (Å²) in [6.07, 6.45) is 3.88. The first-order valence-electron chi connectivity index (χ1n) is 5.79. The standard InChI is InChI=1S/C14H16N4/c1-11-6-12(7-15)4-5-14(11)17(2)9-13-8-16-18(3)10-13/h4-6,8,10H,9H2,1-3H3. The lowest BCUT2D eigenvalue weighted by Crippen LogP contribution is -2.17. The van der Waals surface area contributed by atoms with Gasteiger partial charge in [0.25, 0.3) is 0 Å². The lowest BCUT2D eigenvalue weighted by molar-refractivity contribution is 0.766. The molecule has 18 heavy (non-hydrogen) atoms. The molecule has 2 aromatic rings. The van der Waals surface area contributed by atoms with Crippen molar-refractivity contribution in [3.05, 3.63) is 47.3 Å². The minimum absolute atomic E-state index is 0.700. The molecule has 1 heterocycles. The quantitative estimate of drug-likeness (QED) is 0.826. The Bertz CT molecular complexity index is 592. The smallest absolute Gasteiger partial charge is 0.0991 e. The highest BCUT2D eigenvalue weighted by atomic mass is 15.2. The van der Waals surface area contributed by atoms with Crippen LogP contribution in [-0.2, 0) is 13.6 Å². The van der Waals surface area contributed by atoms with Gasteiger partial charge in [-0.15, -0.1) is 0 Å². The summed E-state index contributed by atoms with van der Waals surface area (Å²) in [5, 5.41) is 13.0. The molecule has 1 aromatic carbocycles. The molecule has 0 atom stereocenters. The number of aromatic nitrogens is 2. The van der Waals surface area contributed by atoms with Crippen molar-refractivity contribution in [3.8, 4) is 6.07 Å². The van der Waals surface area contributed by atoms with Crippen LogP contribution in [0, 0.1) is 18.3 Å².